The van der Waals surface area contributed by atoms with Gasteiger partial charge in [0.25, 0.3) is 0 Å². The SMILES string of the molecule is CC[C@H](CO)Nc1cc(N(COCC[Si](C)(C)C)S(=O)(=O)N2CCN(C(=O)O)C(C(C)(C)C)C2)nc(SCc2cccc(Cl)c2F)n1. The van der Waals surface area contributed by atoms with Gasteiger partial charge in [-0.2, -0.15) is 12.7 Å². The van der Waals surface area contributed by atoms with Gasteiger partial charge < -0.3 is 25.2 Å². The summed E-state index contributed by atoms with van der Waals surface area (Å²) in [5.41, 5.74) is -0.215. The lowest BCUT2D eigenvalue weighted by Gasteiger charge is -2.46. The molecule has 0 spiro atoms. The van der Waals surface area contributed by atoms with Crippen LogP contribution in [0.25, 0.3) is 0 Å². The third-order valence-corrected chi connectivity index (χ3v) is 12.5. The van der Waals surface area contributed by atoms with Gasteiger partial charge in [-0.15, -0.1) is 0 Å². The van der Waals surface area contributed by atoms with E-state index in [4.69, 9.17) is 16.3 Å². The molecule has 47 heavy (non-hydrogen) atoms. The van der Waals surface area contributed by atoms with Crippen LogP contribution in [-0.2, 0) is 20.7 Å². The number of halogens is 2. The minimum absolute atomic E-state index is 0.00161. The highest BCUT2D eigenvalue weighted by Gasteiger charge is 2.43. The molecule has 2 heterocycles. The minimum Gasteiger partial charge on any atom is -0.465 e. The second-order valence-electron chi connectivity index (χ2n) is 13.7. The Labute approximate surface area is 288 Å². The molecule has 3 N–H and O–H groups in total. The number of thioether (sulfide) groups is 1. The molecule has 0 aliphatic carbocycles. The van der Waals surface area contributed by atoms with Crippen LogP contribution in [0.5, 0.6) is 0 Å². The quantitative estimate of drug-likeness (QED) is 0.0673. The topological polar surface area (TPSA) is 148 Å². The first-order chi connectivity index (χ1) is 21.9. The summed E-state index contributed by atoms with van der Waals surface area (Å²) in [7, 11) is -5.81. The number of amides is 1. The molecular weight excluding hydrogens is 687 g/mol. The van der Waals surface area contributed by atoms with Gasteiger partial charge in [0, 0.05) is 46.1 Å². The molecule has 17 heteroatoms. The number of hydrogen-bond acceptors (Lipinski definition) is 9. The molecular formula is C30H48ClFN6O6S2Si. The lowest BCUT2D eigenvalue weighted by molar-refractivity contribution is 0.0453. The molecule has 1 aliphatic heterocycles. The highest BCUT2D eigenvalue weighted by atomic mass is 35.5. The number of nitrogens with one attached hydrogen (secondary N) is 1. The fourth-order valence-corrected chi connectivity index (χ4v) is 8.06. The van der Waals surface area contributed by atoms with E-state index in [1.165, 1.54) is 21.3 Å². The molecule has 1 fully saturated rings. The summed E-state index contributed by atoms with van der Waals surface area (Å²) in [6.45, 7) is 13.8. The Kier molecular flexibility index (Phi) is 13.7. The molecule has 1 aromatic heterocycles. The fourth-order valence-electron chi connectivity index (χ4n) is 4.82. The maximum atomic E-state index is 14.7. The number of piperazine rings is 1. The second kappa shape index (κ2) is 16.5. The first-order valence-corrected chi connectivity index (χ1v) is 22.0. The number of ether oxygens (including phenoxy) is 1. The van der Waals surface area contributed by atoms with E-state index >= 15 is 0 Å². The number of hydrogen-bond donors (Lipinski definition) is 3. The van der Waals surface area contributed by atoms with E-state index < -0.39 is 41.7 Å². The predicted octanol–water partition coefficient (Wildman–Crippen LogP) is 5.82. The van der Waals surface area contributed by atoms with Crippen molar-refractivity contribution in [2.24, 2.45) is 5.41 Å². The van der Waals surface area contributed by atoms with Gasteiger partial charge in [0.15, 0.2) is 11.0 Å². The third-order valence-electron chi connectivity index (χ3n) is 7.80. The van der Waals surface area contributed by atoms with Crippen LogP contribution in [0.2, 0.25) is 30.7 Å². The Morgan fingerprint density at radius 1 is 1.28 bits per heavy atom. The van der Waals surface area contributed by atoms with Crippen LogP contribution in [0.15, 0.2) is 29.4 Å². The lowest BCUT2D eigenvalue weighted by atomic mass is 9.85. The van der Waals surface area contributed by atoms with Crippen molar-refractivity contribution in [3.8, 4) is 0 Å². The molecule has 1 amide bonds. The summed E-state index contributed by atoms with van der Waals surface area (Å²) in [6.07, 6.45) is -0.539. The summed E-state index contributed by atoms with van der Waals surface area (Å²) in [5.74, 6) is -0.145. The van der Waals surface area contributed by atoms with E-state index in [-0.39, 0.29) is 66.6 Å². The molecule has 3 rings (SSSR count). The van der Waals surface area contributed by atoms with Gasteiger partial charge in [-0.25, -0.2) is 23.5 Å². The summed E-state index contributed by atoms with van der Waals surface area (Å²) in [4.78, 5) is 22.5. The van der Waals surface area contributed by atoms with Gasteiger partial charge in [0.2, 0.25) is 0 Å². The molecule has 0 saturated carbocycles. The lowest BCUT2D eigenvalue weighted by Crippen LogP contribution is -2.62. The number of carboxylic acid groups (broad SMARTS) is 1. The molecule has 2 atom stereocenters. The number of nitrogens with zero attached hydrogens (tertiary/aromatic N) is 5. The predicted molar refractivity (Wildman–Crippen MR) is 188 cm³/mol. The Morgan fingerprint density at radius 2 is 1.98 bits per heavy atom. The molecule has 264 valence electrons. The number of rotatable bonds is 15. The van der Waals surface area contributed by atoms with E-state index in [1.54, 1.807) is 12.1 Å². The van der Waals surface area contributed by atoms with E-state index in [0.29, 0.717) is 18.6 Å². The van der Waals surface area contributed by atoms with Crippen molar-refractivity contribution in [3.63, 3.8) is 0 Å². The number of aliphatic hydroxyl groups is 1. The number of aliphatic hydroxyl groups excluding tert-OH is 1. The van der Waals surface area contributed by atoms with E-state index in [0.717, 1.165) is 22.1 Å². The largest absolute Gasteiger partial charge is 0.465 e. The minimum atomic E-state index is -4.31. The Balaban J connectivity index is 2.06. The molecule has 1 aliphatic rings. The van der Waals surface area contributed by atoms with Crippen molar-refractivity contribution in [2.75, 3.05) is 49.2 Å². The van der Waals surface area contributed by atoms with Crippen molar-refractivity contribution < 1.29 is 32.6 Å². The van der Waals surface area contributed by atoms with Gasteiger partial charge in [-0.05, 0) is 29.5 Å². The smallest absolute Gasteiger partial charge is 0.407 e. The molecule has 12 nitrogen and oxygen atoms in total. The van der Waals surface area contributed by atoms with E-state index in [9.17, 15) is 27.8 Å². The van der Waals surface area contributed by atoms with Gasteiger partial charge in [0.1, 0.15) is 18.4 Å². The van der Waals surface area contributed by atoms with Crippen molar-refractivity contribution in [3.05, 3.63) is 40.7 Å². The molecule has 2 aromatic rings. The average molecular weight is 735 g/mol. The first-order valence-electron chi connectivity index (χ1n) is 15.5. The standard InChI is InChI=1S/C30H48ClFN6O6S2Si/c1-8-22(18-39)33-25-16-26(35-28(34-25)45-19-21-10-9-11-23(31)27(21)32)38(20-44-14-15-47(5,6)7)46(42,43)36-12-13-37(29(40)41)24(17-36)30(2,3)4/h9-11,16,22,24,39H,8,12-15,17-20H2,1-7H3,(H,40,41)(H,33,34,35)/t22-,24?/m1/s1. The van der Waals surface area contributed by atoms with Crippen LogP contribution in [-0.4, -0.2) is 104 Å². The molecule has 1 aromatic carbocycles. The summed E-state index contributed by atoms with van der Waals surface area (Å²) in [6, 6.07) is 6.01. The van der Waals surface area contributed by atoms with Crippen molar-refractivity contribution in [2.45, 2.75) is 82.8 Å². The van der Waals surface area contributed by atoms with Crippen LogP contribution in [0, 0.1) is 11.2 Å². The molecule has 1 unspecified atom stereocenters. The third kappa shape index (κ3) is 10.9. The Hall–Kier alpha value is -2.21. The monoisotopic (exact) mass is 734 g/mol. The summed E-state index contributed by atoms with van der Waals surface area (Å²) >= 11 is 7.08. The van der Waals surface area contributed by atoms with E-state index in [1.807, 2.05) is 27.7 Å². The highest BCUT2D eigenvalue weighted by molar-refractivity contribution is 7.98. The average Bonchev–Trinajstić information content (AvgIpc) is 2.99. The summed E-state index contributed by atoms with van der Waals surface area (Å²) < 4.78 is 52.0. The highest BCUT2D eigenvalue weighted by Crippen LogP contribution is 2.32. The zero-order chi connectivity index (χ0) is 35.2. The molecule has 1 saturated heterocycles. The second-order valence-corrected chi connectivity index (χ2v) is 22.6. The first kappa shape index (κ1) is 39.2. The number of aromatic nitrogens is 2. The van der Waals surface area contributed by atoms with Crippen LogP contribution >= 0.6 is 23.4 Å². The van der Waals surface area contributed by atoms with Gasteiger partial charge in [0.05, 0.1) is 23.7 Å². The fraction of sp³-hybridized carbons (Fsp3) is 0.633. The number of carbonyl (C=O) groups is 1. The maximum Gasteiger partial charge on any atom is 0.407 e. The van der Waals surface area contributed by atoms with Crippen molar-refractivity contribution in [1.29, 1.82) is 0 Å². The normalized spacial score (nSPS) is 17.1. The van der Waals surface area contributed by atoms with Crippen molar-refractivity contribution >= 4 is 59.4 Å². The Bertz CT molecular complexity index is 1480. The zero-order valence-corrected chi connectivity index (χ0v) is 31.6. The molecule has 0 radical (unpaired) electrons. The maximum absolute atomic E-state index is 14.7. The number of anilines is 2. The van der Waals surface area contributed by atoms with Crippen LogP contribution < -0.4 is 9.62 Å². The molecule has 0 bridgehead atoms. The van der Waals surface area contributed by atoms with Gasteiger partial charge in [-0.1, -0.05) is 82.8 Å². The van der Waals surface area contributed by atoms with Gasteiger partial charge in [-0.3, -0.25) is 0 Å². The van der Waals surface area contributed by atoms with Gasteiger partial charge >= 0.3 is 16.3 Å². The van der Waals surface area contributed by atoms with Crippen LogP contribution in [0.3, 0.4) is 0 Å². The van der Waals surface area contributed by atoms with Crippen molar-refractivity contribution in [1.82, 2.24) is 19.2 Å². The van der Waals surface area contributed by atoms with Crippen LogP contribution in [0.4, 0.5) is 20.8 Å². The zero-order valence-electron chi connectivity index (χ0n) is 28.2. The Morgan fingerprint density at radius 3 is 2.57 bits per heavy atom. The summed E-state index contributed by atoms with van der Waals surface area (Å²) in [5, 5.41) is 23.0. The number of benzene rings is 1. The van der Waals surface area contributed by atoms with Crippen LogP contribution in [0.1, 0.15) is 39.7 Å². The van der Waals surface area contributed by atoms with E-state index in [2.05, 4.69) is 34.9 Å².